The van der Waals surface area contributed by atoms with Gasteiger partial charge in [-0.25, -0.2) is 4.39 Å². The van der Waals surface area contributed by atoms with E-state index < -0.39 is 5.82 Å². The Bertz CT molecular complexity index is 736. The predicted molar refractivity (Wildman–Crippen MR) is 94.6 cm³/mol. The lowest BCUT2D eigenvalue weighted by Crippen LogP contribution is -2.36. The molecular weight excluding hydrogens is 327 g/mol. The number of hydrogen-bond donors (Lipinski definition) is 1. The second kappa shape index (κ2) is 8.49. The first-order valence-corrected chi connectivity index (χ1v) is 8.64. The fourth-order valence-electron chi connectivity index (χ4n) is 2.18. The number of benzene rings is 2. The third kappa shape index (κ3) is 4.83. The highest BCUT2D eigenvalue weighted by atomic mass is 32.2. The largest absolute Gasteiger partial charge is 0.336 e. The Hall–Kier alpha value is -2.34. The van der Waals surface area contributed by atoms with Gasteiger partial charge >= 0.3 is 0 Å². The summed E-state index contributed by atoms with van der Waals surface area (Å²) in [5.74, 6) is -1.02. The Kier molecular flexibility index (Phi) is 6.37. The lowest BCUT2D eigenvalue weighted by atomic mass is 10.1. The highest BCUT2D eigenvalue weighted by Crippen LogP contribution is 2.24. The number of anilines is 1. The molecule has 0 spiro atoms. The fraction of sp³-hybridized carbons (Fsp3) is 0.222. The maximum Gasteiger partial charge on any atom is 0.244 e. The minimum atomic E-state index is -0.419. The summed E-state index contributed by atoms with van der Waals surface area (Å²) in [6.45, 7) is -0.0873. The van der Waals surface area contributed by atoms with Crippen LogP contribution in [0, 0.1) is 5.82 Å². The Morgan fingerprint density at radius 3 is 2.50 bits per heavy atom. The molecule has 0 bridgehead atoms. The second-order valence-corrected chi connectivity index (χ2v) is 6.11. The van der Waals surface area contributed by atoms with E-state index in [9.17, 15) is 14.0 Å². The van der Waals surface area contributed by atoms with Crippen LogP contribution < -0.4 is 5.32 Å². The van der Waals surface area contributed by atoms with E-state index in [1.165, 1.54) is 29.8 Å². The van der Waals surface area contributed by atoms with Crippen LogP contribution in [0.15, 0.2) is 53.4 Å². The van der Waals surface area contributed by atoms with Crippen molar-refractivity contribution in [1.29, 1.82) is 0 Å². The highest BCUT2D eigenvalue weighted by molar-refractivity contribution is 7.98. The number of nitrogens with zero attached hydrogens (tertiary/aromatic N) is 1. The Labute approximate surface area is 145 Å². The van der Waals surface area contributed by atoms with Gasteiger partial charge in [-0.15, -0.1) is 11.8 Å². The molecule has 0 aromatic heterocycles. The number of halogens is 1. The molecule has 0 saturated heterocycles. The van der Waals surface area contributed by atoms with E-state index in [0.29, 0.717) is 11.3 Å². The van der Waals surface area contributed by atoms with Gasteiger partial charge in [0, 0.05) is 11.9 Å². The number of nitrogens with one attached hydrogen (secondary N) is 1. The van der Waals surface area contributed by atoms with E-state index in [1.54, 1.807) is 18.2 Å². The minimum absolute atomic E-state index is 0.0716. The SMILES string of the molecule is CSc1ccccc1NC(=O)CN(C)C(=O)Cc1ccccc1F. The van der Waals surface area contributed by atoms with Crippen molar-refractivity contribution in [3.63, 3.8) is 0 Å². The van der Waals surface area contributed by atoms with E-state index in [4.69, 9.17) is 0 Å². The lowest BCUT2D eigenvalue weighted by Gasteiger charge is -2.17. The van der Waals surface area contributed by atoms with Crippen molar-refractivity contribution in [2.75, 3.05) is 25.2 Å². The summed E-state index contributed by atoms with van der Waals surface area (Å²) in [6, 6.07) is 13.6. The van der Waals surface area contributed by atoms with Crippen LogP contribution in [0.4, 0.5) is 10.1 Å². The minimum Gasteiger partial charge on any atom is -0.336 e. The number of carbonyl (C=O) groups is 2. The number of hydrogen-bond acceptors (Lipinski definition) is 3. The zero-order valence-electron chi connectivity index (χ0n) is 13.6. The van der Waals surface area contributed by atoms with Gasteiger partial charge in [0.15, 0.2) is 0 Å². The Morgan fingerprint density at radius 1 is 1.12 bits per heavy atom. The average Bonchev–Trinajstić information content (AvgIpc) is 2.57. The number of amides is 2. The normalized spacial score (nSPS) is 10.3. The first kappa shape index (κ1) is 18.0. The van der Waals surface area contributed by atoms with Gasteiger partial charge in [0.05, 0.1) is 18.7 Å². The molecule has 2 rings (SSSR count). The first-order valence-electron chi connectivity index (χ1n) is 7.41. The summed E-state index contributed by atoms with van der Waals surface area (Å²) in [7, 11) is 1.53. The monoisotopic (exact) mass is 346 g/mol. The van der Waals surface area contributed by atoms with E-state index >= 15 is 0 Å². The molecule has 2 aromatic rings. The van der Waals surface area contributed by atoms with Crippen LogP contribution >= 0.6 is 11.8 Å². The Balaban J connectivity index is 1.93. The van der Waals surface area contributed by atoms with Crippen LogP contribution in [0.1, 0.15) is 5.56 Å². The number of likely N-dealkylation sites (N-methyl/N-ethyl adjacent to an activating group) is 1. The van der Waals surface area contributed by atoms with Crippen LogP contribution in [0.25, 0.3) is 0 Å². The standard InChI is InChI=1S/C18H19FN2O2S/c1-21(18(23)11-13-7-3-4-8-14(13)19)12-17(22)20-15-9-5-6-10-16(15)24-2/h3-10H,11-12H2,1-2H3,(H,20,22). The molecule has 24 heavy (non-hydrogen) atoms. The lowest BCUT2D eigenvalue weighted by molar-refractivity contribution is -0.132. The molecule has 1 N–H and O–H groups in total. The first-order chi connectivity index (χ1) is 11.5. The summed E-state index contributed by atoms with van der Waals surface area (Å²) in [5.41, 5.74) is 1.03. The highest BCUT2D eigenvalue weighted by Gasteiger charge is 2.16. The molecule has 0 radical (unpaired) electrons. The number of para-hydroxylation sites is 1. The maximum absolute atomic E-state index is 13.6. The fourth-order valence-corrected chi connectivity index (χ4v) is 2.73. The van der Waals surface area contributed by atoms with Crippen molar-refractivity contribution in [3.05, 3.63) is 59.9 Å². The molecule has 0 atom stereocenters. The number of rotatable bonds is 6. The van der Waals surface area contributed by atoms with E-state index in [2.05, 4.69) is 5.32 Å². The molecular formula is C18H19FN2O2S. The molecule has 0 unspecified atom stereocenters. The predicted octanol–water partition coefficient (Wildman–Crippen LogP) is 3.19. The molecule has 0 saturated carbocycles. The van der Waals surface area contributed by atoms with E-state index in [0.717, 1.165) is 4.90 Å². The topological polar surface area (TPSA) is 49.4 Å². The third-order valence-corrected chi connectivity index (χ3v) is 4.28. The summed E-state index contributed by atoms with van der Waals surface area (Å²) in [6.07, 6.45) is 1.85. The molecule has 0 heterocycles. The molecule has 0 aliphatic heterocycles. The van der Waals surface area contributed by atoms with Gasteiger partial charge in [-0.05, 0) is 30.0 Å². The molecule has 0 aliphatic carbocycles. The van der Waals surface area contributed by atoms with Gasteiger partial charge in [-0.3, -0.25) is 9.59 Å². The molecule has 126 valence electrons. The quantitative estimate of drug-likeness (QED) is 0.817. The zero-order chi connectivity index (χ0) is 17.5. The van der Waals surface area contributed by atoms with Gasteiger partial charge < -0.3 is 10.2 Å². The molecule has 2 aromatic carbocycles. The molecule has 4 nitrogen and oxygen atoms in total. The van der Waals surface area contributed by atoms with Gasteiger partial charge in [0.25, 0.3) is 0 Å². The molecule has 2 amide bonds. The summed E-state index contributed by atoms with van der Waals surface area (Å²) in [4.78, 5) is 26.5. The van der Waals surface area contributed by atoms with Crippen LogP contribution in [-0.2, 0) is 16.0 Å². The van der Waals surface area contributed by atoms with Crippen LogP contribution in [0.3, 0.4) is 0 Å². The number of thioether (sulfide) groups is 1. The van der Waals surface area contributed by atoms with Gasteiger partial charge in [0.1, 0.15) is 5.82 Å². The molecule has 0 fully saturated rings. The van der Waals surface area contributed by atoms with Gasteiger partial charge in [-0.2, -0.15) is 0 Å². The van der Waals surface area contributed by atoms with Crippen LogP contribution in [-0.4, -0.2) is 36.6 Å². The smallest absolute Gasteiger partial charge is 0.244 e. The van der Waals surface area contributed by atoms with Crippen molar-refractivity contribution in [3.8, 4) is 0 Å². The van der Waals surface area contributed by atoms with E-state index in [-0.39, 0.29) is 24.8 Å². The number of carbonyl (C=O) groups excluding carboxylic acids is 2. The van der Waals surface area contributed by atoms with Crippen molar-refractivity contribution in [2.45, 2.75) is 11.3 Å². The second-order valence-electron chi connectivity index (χ2n) is 5.27. The van der Waals surface area contributed by atoms with Crippen molar-refractivity contribution < 1.29 is 14.0 Å². The van der Waals surface area contributed by atoms with Crippen LogP contribution in [0.2, 0.25) is 0 Å². The zero-order valence-corrected chi connectivity index (χ0v) is 14.4. The summed E-state index contributed by atoms with van der Waals surface area (Å²) in [5, 5.41) is 2.79. The molecule has 6 heteroatoms. The maximum atomic E-state index is 13.6. The van der Waals surface area contributed by atoms with Crippen molar-refractivity contribution >= 4 is 29.3 Å². The van der Waals surface area contributed by atoms with Crippen LogP contribution in [0.5, 0.6) is 0 Å². The van der Waals surface area contributed by atoms with Gasteiger partial charge in [-0.1, -0.05) is 30.3 Å². The average molecular weight is 346 g/mol. The third-order valence-electron chi connectivity index (χ3n) is 3.49. The van der Waals surface area contributed by atoms with Gasteiger partial charge in [0.2, 0.25) is 11.8 Å². The summed E-state index contributed by atoms with van der Waals surface area (Å²) < 4.78 is 13.6. The Morgan fingerprint density at radius 2 is 1.79 bits per heavy atom. The van der Waals surface area contributed by atoms with E-state index in [1.807, 2.05) is 30.5 Å². The summed E-state index contributed by atoms with van der Waals surface area (Å²) >= 11 is 1.53. The van der Waals surface area contributed by atoms with Crippen molar-refractivity contribution in [1.82, 2.24) is 4.90 Å². The van der Waals surface area contributed by atoms with Crippen molar-refractivity contribution in [2.24, 2.45) is 0 Å². The molecule has 0 aliphatic rings.